The molecule has 0 aliphatic heterocycles. The molecule has 0 saturated heterocycles. The van der Waals surface area contributed by atoms with Crippen molar-refractivity contribution in [2.45, 2.75) is 33.7 Å². The standard InChI is InChI=1S/C13H25N3O/c1-5-12-8-13(16(4)15-12)9-14-6-7-17-10-11(2)3/h8,11,14H,5-7,9-10H2,1-4H3. The predicted molar refractivity (Wildman–Crippen MR) is 69.9 cm³/mol. The molecule has 0 unspecified atom stereocenters. The quantitative estimate of drug-likeness (QED) is 0.702. The molecule has 0 radical (unpaired) electrons. The number of hydrogen-bond donors (Lipinski definition) is 1. The molecule has 1 aromatic heterocycles. The van der Waals surface area contributed by atoms with Crippen LogP contribution in [0.4, 0.5) is 0 Å². The van der Waals surface area contributed by atoms with E-state index in [4.69, 9.17) is 4.74 Å². The summed E-state index contributed by atoms with van der Waals surface area (Å²) in [4.78, 5) is 0. The van der Waals surface area contributed by atoms with Crippen LogP contribution in [0.15, 0.2) is 6.07 Å². The fourth-order valence-corrected chi connectivity index (χ4v) is 1.59. The number of nitrogens with zero attached hydrogens (tertiary/aromatic N) is 2. The van der Waals surface area contributed by atoms with Gasteiger partial charge in [0.2, 0.25) is 0 Å². The van der Waals surface area contributed by atoms with Gasteiger partial charge in [0, 0.05) is 26.7 Å². The second kappa shape index (κ2) is 7.45. The molecule has 1 heterocycles. The summed E-state index contributed by atoms with van der Waals surface area (Å²) < 4.78 is 7.45. The minimum Gasteiger partial charge on any atom is -0.380 e. The summed E-state index contributed by atoms with van der Waals surface area (Å²) in [7, 11) is 1.99. The van der Waals surface area contributed by atoms with Crippen molar-refractivity contribution < 1.29 is 4.74 Å². The zero-order chi connectivity index (χ0) is 12.7. The Kier molecular flexibility index (Phi) is 6.22. The van der Waals surface area contributed by atoms with Crippen molar-refractivity contribution >= 4 is 0 Å². The average Bonchev–Trinajstić information content (AvgIpc) is 2.64. The smallest absolute Gasteiger partial charge is 0.0625 e. The Labute approximate surface area is 104 Å². The molecule has 17 heavy (non-hydrogen) atoms. The third kappa shape index (κ3) is 5.33. The van der Waals surface area contributed by atoms with Crippen LogP contribution in [0.2, 0.25) is 0 Å². The van der Waals surface area contributed by atoms with Gasteiger partial charge in [-0.1, -0.05) is 20.8 Å². The largest absolute Gasteiger partial charge is 0.380 e. The molecular formula is C13H25N3O. The van der Waals surface area contributed by atoms with Crippen LogP contribution in [0.3, 0.4) is 0 Å². The number of nitrogens with one attached hydrogen (secondary N) is 1. The molecule has 0 aliphatic rings. The first-order valence-electron chi connectivity index (χ1n) is 6.43. The number of ether oxygens (including phenoxy) is 1. The van der Waals surface area contributed by atoms with Gasteiger partial charge in [0.05, 0.1) is 18.0 Å². The van der Waals surface area contributed by atoms with Gasteiger partial charge in [-0.2, -0.15) is 5.10 Å². The van der Waals surface area contributed by atoms with E-state index in [9.17, 15) is 0 Å². The van der Waals surface area contributed by atoms with Crippen molar-refractivity contribution in [2.24, 2.45) is 13.0 Å². The van der Waals surface area contributed by atoms with Crippen molar-refractivity contribution in [3.05, 3.63) is 17.5 Å². The van der Waals surface area contributed by atoms with Gasteiger partial charge in [0.25, 0.3) is 0 Å². The van der Waals surface area contributed by atoms with E-state index in [2.05, 4.69) is 37.3 Å². The van der Waals surface area contributed by atoms with Gasteiger partial charge in [0.15, 0.2) is 0 Å². The summed E-state index contributed by atoms with van der Waals surface area (Å²) in [6.07, 6.45) is 0.991. The van der Waals surface area contributed by atoms with Gasteiger partial charge >= 0.3 is 0 Å². The van der Waals surface area contributed by atoms with Gasteiger partial charge in [-0.05, 0) is 18.4 Å². The van der Waals surface area contributed by atoms with Crippen LogP contribution in [-0.4, -0.2) is 29.5 Å². The van der Waals surface area contributed by atoms with Crippen molar-refractivity contribution in [1.29, 1.82) is 0 Å². The lowest BCUT2D eigenvalue weighted by atomic mass is 10.2. The Morgan fingerprint density at radius 3 is 2.82 bits per heavy atom. The monoisotopic (exact) mass is 239 g/mol. The molecule has 0 amide bonds. The molecule has 0 spiro atoms. The van der Waals surface area contributed by atoms with Gasteiger partial charge in [0.1, 0.15) is 0 Å². The van der Waals surface area contributed by atoms with Crippen molar-refractivity contribution in [3.8, 4) is 0 Å². The minimum absolute atomic E-state index is 0.610. The van der Waals surface area contributed by atoms with Crippen LogP contribution in [0.5, 0.6) is 0 Å². The number of aromatic nitrogens is 2. The van der Waals surface area contributed by atoms with Crippen LogP contribution in [0, 0.1) is 5.92 Å². The van der Waals surface area contributed by atoms with E-state index in [1.165, 1.54) is 5.69 Å². The van der Waals surface area contributed by atoms with Crippen LogP contribution < -0.4 is 5.32 Å². The lowest BCUT2D eigenvalue weighted by molar-refractivity contribution is 0.111. The van der Waals surface area contributed by atoms with Crippen LogP contribution in [-0.2, 0) is 24.8 Å². The number of rotatable bonds is 8. The molecular weight excluding hydrogens is 214 g/mol. The molecule has 0 fully saturated rings. The second-order valence-electron chi connectivity index (χ2n) is 4.75. The number of aryl methyl sites for hydroxylation is 2. The van der Waals surface area contributed by atoms with Gasteiger partial charge in [-0.25, -0.2) is 0 Å². The van der Waals surface area contributed by atoms with E-state index in [1.807, 2.05) is 11.7 Å². The van der Waals surface area contributed by atoms with E-state index in [1.54, 1.807) is 0 Å². The van der Waals surface area contributed by atoms with E-state index < -0.39 is 0 Å². The first-order valence-corrected chi connectivity index (χ1v) is 6.43. The highest BCUT2D eigenvalue weighted by atomic mass is 16.5. The maximum Gasteiger partial charge on any atom is 0.0625 e. The Balaban J connectivity index is 2.15. The van der Waals surface area contributed by atoms with E-state index in [0.29, 0.717) is 5.92 Å². The zero-order valence-electron chi connectivity index (χ0n) is 11.5. The van der Waals surface area contributed by atoms with Crippen LogP contribution in [0.1, 0.15) is 32.2 Å². The summed E-state index contributed by atoms with van der Waals surface area (Å²) in [5.74, 6) is 0.610. The molecule has 98 valence electrons. The highest BCUT2D eigenvalue weighted by Gasteiger charge is 2.02. The van der Waals surface area contributed by atoms with E-state index >= 15 is 0 Å². The summed E-state index contributed by atoms with van der Waals surface area (Å²) in [5.41, 5.74) is 2.38. The Hall–Kier alpha value is -0.870. The minimum atomic E-state index is 0.610. The molecule has 4 heteroatoms. The molecule has 4 nitrogen and oxygen atoms in total. The molecule has 0 aromatic carbocycles. The topological polar surface area (TPSA) is 39.1 Å². The van der Waals surface area contributed by atoms with Gasteiger partial charge in [-0.15, -0.1) is 0 Å². The van der Waals surface area contributed by atoms with Crippen LogP contribution in [0.25, 0.3) is 0 Å². The summed E-state index contributed by atoms with van der Waals surface area (Å²) in [5, 5.41) is 7.78. The normalized spacial score (nSPS) is 11.4. The first kappa shape index (κ1) is 14.2. The third-order valence-electron chi connectivity index (χ3n) is 2.57. The molecule has 0 aliphatic carbocycles. The molecule has 0 atom stereocenters. The highest BCUT2D eigenvalue weighted by molar-refractivity contribution is 5.09. The third-order valence-corrected chi connectivity index (χ3v) is 2.57. The van der Waals surface area contributed by atoms with E-state index in [0.717, 1.165) is 38.4 Å². The maximum atomic E-state index is 5.50. The van der Waals surface area contributed by atoms with Gasteiger partial charge in [-0.3, -0.25) is 4.68 Å². The molecule has 1 aromatic rings. The predicted octanol–water partition coefficient (Wildman–Crippen LogP) is 1.74. The lowest BCUT2D eigenvalue weighted by Crippen LogP contribution is -2.21. The fourth-order valence-electron chi connectivity index (χ4n) is 1.59. The van der Waals surface area contributed by atoms with Gasteiger partial charge < -0.3 is 10.1 Å². The Morgan fingerprint density at radius 2 is 2.24 bits per heavy atom. The zero-order valence-corrected chi connectivity index (χ0v) is 11.5. The molecule has 1 rings (SSSR count). The molecule has 0 bridgehead atoms. The van der Waals surface area contributed by atoms with Crippen molar-refractivity contribution in [3.63, 3.8) is 0 Å². The molecule has 1 N–H and O–H groups in total. The average molecular weight is 239 g/mol. The first-order chi connectivity index (χ1) is 8.13. The van der Waals surface area contributed by atoms with Crippen LogP contribution >= 0.6 is 0 Å². The summed E-state index contributed by atoms with van der Waals surface area (Å²) >= 11 is 0. The van der Waals surface area contributed by atoms with Crippen molar-refractivity contribution in [1.82, 2.24) is 15.1 Å². The molecule has 0 saturated carbocycles. The summed E-state index contributed by atoms with van der Waals surface area (Å²) in [6, 6.07) is 2.15. The Morgan fingerprint density at radius 1 is 1.47 bits per heavy atom. The van der Waals surface area contributed by atoms with Crippen molar-refractivity contribution in [2.75, 3.05) is 19.8 Å². The number of hydrogen-bond acceptors (Lipinski definition) is 3. The summed E-state index contributed by atoms with van der Waals surface area (Å²) in [6.45, 7) is 9.81. The highest BCUT2D eigenvalue weighted by Crippen LogP contribution is 2.03. The SMILES string of the molecule is CCc1cc(CNCCOCC(C)C)n(C)n1. The maximum absolute atomic E-state index is 5.50. The Bertz CT molecular complexity index is 320. The lowest BCUT2D eigenvalue weighted by Gasteiger charge is -2.08. The fraction of sp³-hybridized carbons (Fsp3) is 0.769. The second-order valence-corrected chi connectivity index (χ2v) is 4.75. The van der Waals surface area contributed by atoms with E-state index in [-0.39, 0.29) is 0 Å².